The minimum atomic E-state index is -5.00. The van der Waals surface area contributed by atoms with Crippen LogP contribution in [-0.4, -0.2) is 45.6 Å². The number of hydrogen-bond donors (Lipinski definition) is 1. The molecule has 12 heteroatoms. The summed E-state index contributed by atoms with van der Waals surface area (Å²) in [4.78, 5) is 14.4. The van der Waals surface area contributed by atoms with Crippen molar-refractivity contribution in [3.63, 3.8) is 0 Å². The molecule has 1 atom stereocenters. The van der Waals surface area contributed by atoms with Gasteiger partial charge in [0.2, 0.25) is 0 Å². The molecule has 2 amide bonds. The number of urea groups is 1. The number of hydrogen-bond acceptors (Lipinski definition) is 2. The molecule has 1 N–H and O–H groups in total. The van der Waals surface area contributed by atoms with Crippen LogP contribution in [0.4, 0.5) is 36.8 Å². The molecule has 2 aromatic carbocycles. The maximum absolute atomic E-state index is 13.0. The van der Waals surface area contributed by atoms with E-state index in [-0.39, 0.29) is 25.2 Å². The Balaban J connectivity index is 1.65. The van der Waals surface area contributed by atoms with Gasteiger partial charge in [-0.25, -0.2) is 13.3 Å². The van der Waals surface area contributed by atoms with Gasteiger partial charge in [-0.15, -0.1) is 0 Å². The van der Waals surface area contributed by atoms with Gasteiger partial charge in [-0.05, 0) is 43.2 Å². The van der Waals surface area contributed by atoms with E-state index in [2.05, 4.69) is 5.32 Å². The fourth-order valence-electron chi connectivity index (χ4n) is 3.50. The summed E-state index contributed by atoms with van der Waals surface area (Å²) in [5, 5.41) is 2.14. The molecule has 1 unspecified atom stereocenters. The van der Waals surface area contributed by atoms with Crippen molar-refractivity contribution >= 4 is 22.7 Å². The molecule has 0 bridgehead atoms. The summed E-state index contributed by atoms with van der Waals surface area (Å²) in [7, 11) is 0.299. The van der Waals surface area contributed by atoms with Crippen LogP contribution in [0.1, 0.15) is 24.0 Å². The van der Waals surface area contributed by atoms with E-state index in [0.717, 1.165) is 0 Å². The minimum Gasteiger partial charge on any atom is -0.324 e. The standard InChI is InChI=1S/C21H21F6N3O2S/c1-29(33(32)18-5-3-2-4-6-18)17-7-9-30(10-8-17)19(31)28-16-12-14(20(22,23)24)11-15(13-16)21(25,26)27/h2-6,11-13,17H,7-10H2,1H3,(H,28,31). The fraction of sp³-hybridized carbons (Fsp3) is 0.381. The molecule has 0 aliphatic carbocycles. The van der Waals surface area contributed by atoms with Gasteiger partial charge in [0.1, 0.15) is 11.0 Å². The van der Waals surface area contributed by atoms with Gasteiger partial charge in [-0.1, -0.05) is 18.2 Å². The molecule has 0 radical (unpaired) electrons. The van der Waals surface area contributed by atoms with Crippen LogP contribution in [0.2, 0.25) is 0 Å². The quantitative estimate of drug-likeness (QED) is 0.582. The number of rotatable bonds is 4. The molecule has 33 heavy (non-hydrogen) atoms. The van der Waals surface area contributed by atoms with Crippen LogP contribution in [0.5, 0.6) is 0 Å². The number of piperidine rings is 1. The van der Waals surface area contributed by atoms with E-state index in [9.17, 15) is 35.3 Å². The first-order valence-corrected chi connectivity index (χ1v) is 11.0. The van der Waals surface area contributed by atoms with Gasteiger partial charge in [0.25, 0.3) is 0 Å². The van der Waals surface area contributed by atoms with Crippen LogP contribution in [-0.2, 0) is 23.3 Å². The zero-order valence-corrected chi connectivity index (χ0v) is 18.2. The Morgan fingerprint density at radius 1 is 0.970 bits per heavy atom. The Labute approximate surface area is 189 Å². The van der Waals surface area contributed by atoms with Crippen LogP contribution < -0.4 is 5.32 Å². The SMILES string of the molecule is CN(C1CCN(C(=O)Nc2cc(C(F)(F)F)cc(C(F)(F)F)c2)CC1)S(=O)c1ccccc1. The summed E-state index contributed by atoms with van der Waals surface area (Å²) in [5.41, 5.74) is -3.60. The number of carbonyl (C=O) groups excluding carboxylic acids is 1. The second-order valence-electron chi connectivity index (χ2n) is 7.55. The lowest BCUT2D eigenvalue weighted by Gasteiger charge is -2.36. The van der Waals surface area contributed by atoms with Crippen molar-refractivity contribution in [3.05, 3.63) is 59.7 Å². The summed E-state index contributed by atoms with van der Waals surface area (Å²) in [6, 6.07) is 8.85. The number of nitrogens with zero attached hydrogens (tertiary/aromatic N) is 2. The van der Waals surface area contributed by atoms with E-state index in [1.807, 2.05) is 0 Å². The third-order valence-electron chi connectivity index (χ3n) is 5.31. The molecule has 1 saturated heterocycles. The van der Waals surface area contributed by atoms with Gasteiger partial charge in [0.05, 0.1) is 16.0 Å². The van der Waals surface area contributed by atoms with Crippen LogP contribution in [0.15, 0.2) is 53.4 Å². The zero-order valence-electron chi connectivity index (χ0n) is 17.4. The summed E-state index contributed by atoms with van der Waals surface area (Å²) >= 11 is 0. The Bertz CT molecular complexity index is 973. The largest absolute Gasteiger partial charge is 0.416 e. The summed E-state index contributed by atoms with van der Waals surface area (Å²) in [6.07, 6.45) is -9.12. The van der Waals surface area contributed by atoms with E-state index in [0.29, 0.717) is 29.9 Å². The highest BCUT2D eigenvalue weighted by Gasteiger charge is 2.37. The average Bonchev–Trinajstić information content (AvgIpc) is 2.77. The molecule has 3 rings (SSSR count). The first kappa shape index (κ1) is 25.0. The molecule has 0 saturated carbocycles. The maximum atomic E-state index is 13.0. The zero-order chi connectivity index (χ0) is 24.4. The number of amides is 2. The number of alkyl halides is 6. The van der Waals surface area contributed by atoms with Gasteiger partial charge in [-0.3, -0.25) is 0 Å². The fourth-order valence-corrected chi connectivity index (χ4v) is 4.70. The van der Waals surface area contributed by atoms with Crippen molar-refractivity contribution in [1.82, 2.24) is 9.21 Å². The first-order valence-electron chi connectivity index (χ1n) is 9.91. The van der Waals surface area contributed by atoms with Crippen LogP contribution in [0.3, 0.4) is 0 Å². The second-order valence-corrected chi connectivity index (χ2v) is 9.10. The van der Waals surface area contributed by atoms with Crippen LogP contribution in [0, 0.1) is 0 Å². The van der Waals surface area contributed by atoms with E-state index in [1.54, 1.807) is 41.7 Å². The van der Waals surface area contributed by atoms with Crippen molar-refractivity contribution < 1.29 is 35.3 Å². The van der Waals surface area contributed by atoms with Crippen LogP contribution >= 0.6 is 0 Å². The lowest BCUT2D eigenvalue weighted by Crippen LogP contribution is -2.47. The number of nitrogens with one attached hydrogen (secondary N) is 1. The molecule has 0 aromatic heterocycles. The highest BCUT2D eigenvalue weighted by Crippen LogP contribution is 2.37. The van der Waals surface area contributed by atoms with Crippen molar-refractivity contribution in [3.8, 4) is 0 Å². The van der Waals surface area contributed by atoms with Crippen molar-refractivity contribution in [2.75, 3.05) is 25.5 Å². The monoisotopic (exact) mass is 493 g/mol. The molecule has 0 spiro atoms. The molecule has 180 valence electrons. The van der Waals surface area contributed by atoms with E-state index in [1.165, 1.54) is 4.90 Å². The molecule has 1 aliphatic rings. The Kier molecular flexibility index (Phi) is 7.37. The summed E-state index contributed by atoms with van der Waals surface area (Å²) < 4.78 is 92.5. The third kappa shape index (κ3) is 6.26. The van der Waals surface area contributed by atoms with Crippen molar-refractivity contribution in [2.45, 2.75) is 36.1 Å². The first-order chi connectivity index (χ1) is 15.4. The molecular formula is C21H21F6N3O2S. The Morgan fingerprint density at radius 3 is 1.97 bits per heavy atom. The smallest absolute Gasteiger partial charge is 0.324 e. The van der Waals surface area contributed by atoms with E-state index >= 15 is 0 Å². The van der Waals surface area contributed by atoms with Gasteiger partial charge < -0.3 is 10.2 Å². The van der Waals surface area contributed by atoms with Gasteiger partial charge in [0.15, 0.2) is 0 Å². The van der Waals surface area contributed by atoms with Gasteiger partial charge in [0, 0.05) is 31.9 Å². The molecule has 1 fully saturated rings. The number of anilines is 1. The average molecular weight is 493 g/mol. The van der Waals surface area contributed by atoms with Crippen molar-refractivity contribution in [1.29, 1.82) is 0 Å². The summed E-state index contributed by atoms with van der Waals surface area (Å²) in [5.74, 6) is 0. The number of halogens is 6. The topological polar surface area (TPSA) is 52.6 Å². The molecular weight excluding hydrogens is 472 g/mol. The Hall–Kier alpha value is -2.60. The lowest BCUT2D eigenvalue weighted by molar-refractivity contribution is -0.143. The number of benzene rings is 2. The highest BCUT2D eigenvalue weighted by atomic mass is 32.2. The normalized spacial score (nSPS) is 16.7. The van der Waals surface area contributed by atoms with Crippen molar-refractivity contribution in [2.24, 2.45) is 0 Å². The Morgan fingerprint density at radius 2 is 1.48 bits per heavy atom. The molecule has 5 nitrogen and oxygen atoms in total. The van der Waals surface area contributed by atoms with E-state index < -0.39 is 46.2 Å². The predicted molar refractivity (Wildman–Crippen MR) is 111 cm³/mol. The number of carbonyl (C=O) groups is 1. The van der Waals surface area contributed by atoms with Gasteiger partial charge >= 0.3 is 18.4 Å². The molecule has 2 aromatic rings. The highest BCUT2D eigenvalue weighted by molar-refractivity contribution is 7.82. The lowest BCUT2D eigenvalue weighted by atomic mass is 10.1. The summed E-state index contributed by atoms with van der Waals surface area (Å²) in [6.45, 7) is 0.413. The second kappa shape index (κ2) is 9.72. The van der Waals surface area contributed by atoms with Crippen LogP contribution in [0.25, 0.3) is 0 Å². The number of likely N-dealkylation sites (tertiary alicyclic amines) is 1. The predicted octanol–water partition coefficient (Wildman–Crippen LogP) is 5.38. The minimum absolute atomic E-state index is 0.00381. The molecule has 1 aliphatic heterocycles. The third-order valence-corrected chi connectivity index (χ3v) is 6.81. The van der Waals surface area contributed by atoms with E-state index in [4.69, 9.17) is 0 Å². The molecule has 1 heterocycles. The maximum Gasteiger partial charge on any atom is 0.416 e. The van der Waals surface area contributed by atoms with Gasteiger partial charge in [-0.2, -0.15) is 26.3 Å².